The molecule has 1 saturated heterocycles. The number of piperidine rings is 1. The van der Waals surface area contributed by atoms with Gasteiger partial charge in [-0.3, -0.25) is 14.6 Å². The molecule has 10 rings (SSSR count). The summed E-state index contributed by atoms with van der Waals surface area (Å²) in [5.74, 6) is 7.66. The van der Waals surface area contributed by atoms with E-state index in [1.54, 1.807) is 17.3 Å². The Bertz CT molecular complexity index is 2600. The predicted octanol–water partition coefficient (Wildman–Crippen LogP) is 7.22. The van der Waals surface area contributed by atoms with Crippen molar-refractivity contribution in [3.05, 3.63) is 126 Å². The Balaban J connectivity index is 0.643. The Labute approximate surface area is 329 Å². The highest BCUT2D eigenvalue weighted by atomic mass is 16.5. The summed E-state index contributed by atoms with van der Waals surface area (Å²) in [5, 5.41) is 5.07. The molecule has 2 saturated carbocycles. The van der Waals surface area contributed by atoms with Gasteiger partial charge >= 0.3 is 0 Å². The number of hydrogen-bond acceptors (Lipinski definition) is 8. The number of fused-ring (bicyclic) bond motifs is 4. The van der Waals surface area contributed by atoms with Gasteiger partial charge in [-0.15, -0.1) is 0 Å². The number of nitrogens with zero attached hydrogens (tertiary/aromatic N) is 4. The van der Waals surface area contributed by atoms with Gasteiger partial charge in [-0.05, 0) is 90.6 Å². The summed E-state index contributed by atoms with van der Waals surface area (Å²) in [6, 6.07) is 21.7. The van der Waals surface area contributed by atoms with E-state index in [-0.39, 0.29) is 30.1 Å². The number of nitrogens with one attached hydrogen (secondary N) is 2. The lowest BCUT2D eigenvalue weighted by Gasteiger charge is -2.35. The molecular weight excluding hydrogens is 717 g/mol. The zero-order chi connectivity index (χ0) is 38.5. The van der Waals surface area contributed by atoms with E-state index in [0.29, 0.717) is 60.5 Å². The van der Waals surface area contributed by atoms with Crippen LogP contribution in [-0.2, 0) is 16.1 Å². The largest absolute Gasteiger partial charge is 0.489 e. The zero-order valence-electron chi connectivity index (χ0n) is 31.2. The average Bonchev–Trinajstić information content (AvgIpc) is 3.73. The summed E-state index contributed by atoms with van der Waals surface area (Å²) >= 11 is 0. The third-order valence-corrected chi connectivity index (χ3v) is 11.7. The van der Waals surface area contributed by atoms with Crippen LogP contribution in [0.25, 0.3) is 32.9 Å². The van der Waals surface area contributed by atoms with Gasteiger partial charge in [0.15, 0.2) is 0 Å². The molecule has 11 nitrogen and oxygen atoms in total. The molecule has 6 heterocycles. The highest BCUT2D eigenvalue weighted by molar-refractivity contribution is 6.07. The van der Waals surface area contributed by atoms with Crippen LogP contribution in [0, 0.1) is 11.8 Å². The van der Waals surface area contributed by atoms with Gasteiger partial charge in [0.2, 0.25) is 11.8 Å². The third-order valence-electron chi connectivity index (χ3n) is 11.7. The van der Waals surface area contributed by atoms with E-state index in [9.17, 15) is 9.59 Å². The molecule has 0 bridgehead atoms. The molecule has 0 radical (unpaired) electrons. The fraction of sp³-hybridized carbons (Fsp3) is 0.283. The number of pyridine rings is 3. The molecule has 3 fully saturated rings. The van der Waals surface area contributed by atoms with Gasteiger partial charge in [0.25, 0.3) is 5.91 Å². The van der Waals surface area contributed by atoms with E-state index < -0.39 is 6.04 Å². The third kappa shape index (κ3) is 6.98. The SMILES string of the molecule is C=C1CCC(N2Cc3cc(C4CC(OCC#Cc5ccc(OC6CC(Oc7ccc(-c8ccc9c(c8)[nH]c8ccncc89)cn7)C6)cn5)C4)ccc3C2=O)C(=O)N1. The predicted molar refractivity (Wildman–Crippen MR) is 214 cm³/mol. The first-order valence-electron chi connectivity index (χ1n) is 19.5. The van der Waals surface area contributed by atoms with E-state index in [1.807, 2.05) is 54.9 Å². The first-order valence-corrected chi connectivity index (χ1v) is 19.5. The van der Waals surface area contributed by atoms with Gasteiger partial charge in [-0.2, -0.15) is 0 Å². The minimum Gasteiger partial charge on any atom is -0.489 e. The minimum absolute atomic E-state index is 0.0533. The van der Waals surface area contributed by atoms with Gasteiger partial charge in [-0.25, -0.2) is 9.97 Å². The Hall–Kier alpha value is -6.51. The van der Waals surface area contributed by atoms with Crippen LogP contribution < -0.4 is 14.8 Å². The van der Waals surface area contributed by atoms with Crippen molar-refractivity contribution in [2.24, 2.45) is 0 Å². The van der Waals surface area contributed by atoms with E-state index in [0.717, 1.165) is 64.2 Å². The number of aromatic nitrogens is 4. The second-order valence-electron chi connectivity index (χ2n) is 15.4. The number of H-pyrrole nitrogens is 1. The Morgan fingerprint density at radius 3 is 2.53 bits per heavy atom. The lowest BCUT2D eigenvalue weighted by atomic mass is 9.77. The zero-order valence-corrected chi connectivity index (χ0v) is 31.2. The van der Waals surface area contributed by atoms with Crippen molar-refractivity contribution in [3.8, 4) is 34.6 Å². The molecular formula is C46H40N6O5. The van der Waals surface area contributed by atoms with E-state index >= 15 is 0 Å². The van der Waals surface area contributed by atoms with Gasteiger partial charge in [0.05, 0.1) is 12.3 Å². The van der Waals surface area contributed by atoms with Crippen LogP contribution in [0.1, 0.15) is 71.6 Å². The fourth-order valence-corrected chi connectivity index (χ4v) is 8.33. The Morgan fingerprint density at radius 1 is 0.825 bits per heavy atom. The summed E-state index contributed by atoms with van der Waals surface area (Å²) in [6.45, 7) is 4.64. The van der Waals surface area contributed by atoms with Crippen LogP contribution in [0.3, 0.4) is 0 Å². The molecule has 2 amide bonds. The summed E-state index contributed by atoms with van der Waals surface area (Å²) in [4.78, 5) is 44.1. The quantitative estimate of drug-likeness (QED) is 0.148. The summed E-state index contributed by atoms with van der Waals surface area (Å²) in [7, 11) is 0. The number of allylic oxidation sites excluding steroid dienone is 1. The number of benzene rings is 2. The van der Waals surface area contributed by atoms with Crippen LogP contribution >= 0.6 is 0 Å². The summed E-state index contributed by atoms with van der Waals surface area (Å²) in [5.41, 5.74) is 8.53. The van der Waals surface area contributed by atoms with Gasteiger partial charge in [0, 0.05) is 82.7 Å². The number of ether oxygens (including phenoxy) is 3. The molecule has 4 aliphatic rings. The van der Waals surface area contributed by atoms with Gasteiger partial charge in [-0.1, -0.05) is 36.8 Å². The number of aromatic amines is 1. The highest BCUT2D eigenvalue weighted by Gasteiger charge is 2.39. The van der Waals surface area contributed by atoms with E-state index in [2.05, 4.69) is 67.9 Å². The smallest absolute Gasteiger partial charge is 0.255 e. The molecule has 0 spiro atoms. The van der Waals surface area contributed by atoms with Crippen LogP contribution in [0.5, 0.6) is 11.6 Å². The molecule has 6 aromatic rings. The topological polar surface area (TPSA) is 132 Å². The summed E-state index contributed by atoms with van der Waals surface area (Å²) < 4.78 is 18.3. The maximum Gasteiger partial charge on any atom is 0.255 e. The van der Waals surface area contributed by atoms with Gasteiger partial charge in [0.1, 0.15) is 36.3 Å². The van der Waals surface area contributed by atoms with Crippen molar-refractivity contribution in [1.82, 2.24) is 30.2 Å². The Morgan fingerprint density at radius 2 is 1.70 bits per heavy atom. The van der Waals surface area contributed by atoms with Crippen LogP contribution in [-0.4, -0.2) is 67.6 Å². The second-order valence-corrected chi connectivity index (χ2v) is 15.4. The molecule has 2 aliphatic carbocycles. The lowest BCUT2D eigenvalue weighted by molar-refractivity contribution is -0.126. The standard InChI is InChI=1S/C46H40N6O5/c1-27-4-12-43(45(53)50-27)52-26-32-17-28(5-10-38(32)46(52)54)31-18-35(19-31)55-16-2-3-33-8-9-34(24-48-33)56-36-21-37(22-36)57-44-13-7-30(23-49-44)29-6-11-39-40-25-47-15-14-41(40)51-42(39)20-29/h5-11,13-15,17,20,23-25,31,35-37,43,51H,1,4,12,16,18-19,21-22,26H2,(H,50,53). The normalized spacial score (nSPS) is 22.6. The molecule has 2 N–H and O–H groups in total. The molecule has 57 heavy (non-hydrogen) atoms. The summed E-state index contributed by atoms with van der Waals surface area (Å²) in [6.07, 6.45) is 12.2. The molecule has 1 unspecified atom stereocenters. The van der Waals surface area contributed by atoms with Crippen molar-refractivity contribution in [3.63, 3.8) is 0 Å². The van der Waals surface area contributed by atoms with Gasteiger partial charge < -0.3 is 29.4 Å². The van der Waals surface area contributed by atoms with Crippen LogP contribution in [0.4, 0.5) is 0 Å². The van der Waals surface area contributed by atoms with Crippen LogP contribution in [0.15, 0.2) is 104 Å². The van der Waals surface area contributed by atoms with Crippen molar-refractivity contribution in [2.75, 3.05) is 6.61 Å². The fourth-order valence-electron chi connectivity index (χ4n) is 8.33. The van der Waals surface area contributed by atoms with E-state index in [1.165, 1.54) is 5.56 Å². The maximum absolute atomic E-state index is 13.1. The Kier molecular flexibility index (Phi) is 8.91. The van der Waals surface area contributed by atoms with Crippen molar-refractivity contribution >= 4 is 33.6 Å². The number of rotatable bonds is 9. The van der Waals surface area contributed by atoms with Crippen LogP contribution in [0.2, 0.25) is 0 Å². The first-order chi connectivity index (χ1) is 27.9. The molecule has 2 aliphatic heterocycles. The molecule has 11 heteroatoms. The maximum atomic E-state index is 13.1. The van der Waals surface area contributed by atoms with Crippen molar-refractivity contribution in [1.29, 1.82) is 0 Å². The number of carbonyl (C=O) groups excluding carboxylic acids is 2. The molecule has 4 aromatic heterocycles. The minimum atomic E-state index is -0.446. The van der Waals surface area contributed by atoms with Crippen molar-refractivity contribution in [2.45, 2.75) is 75.3 Å². The molecule has 2 aromatic carbocycles. The average molecular weight is 757 g/mol. The van der Waals surface area contributed by atoms with Crippen molar-refractivity contribution < 1.29 is 23.8 Å². The monoisotopic (exact) mass is 756 g/mol. The highest BCUT2D eigenvalue weighted by Crippen LogP contribution is 2.41. The number of amides is 2. The molecule has 284 valence electrons. The lowest BCUT2D eigenvalue weighted by Crippen LogP contribution is -2.49. The number of hydrogen-bond donors (Lipinski definition) is 2. The number of carbonyl (C=O) groups is 2. The van der Waals surface area contributed by atoms with E-state index in [4.69, 9.17) is 14.2 Å². The molecule has 1 atom stereocenters. The second kappa shape index (κ2) is 14.5. The first kappa shape index (κ1) is 34.9.